The Balaban J connectivity index is 1.93. The van der Waals surface area contributed by atoms with Gasteiger partial charge in [-0.25, -0.2) is 0 Å². The highest BCUT2D eigenvalue weighted by Gasteiger charge is 2.34. The van der Waals surface area contributed by atoms with E-state index in [9.17, 15) is 0 Å². The Morgan fingerprint density at radius 2 is 2.06 bits per heavy atom. The number of thiophene rings is 1. The van der Waals surface area contributed by atoms with Crippen molar-refractivity contribution in [2.45, 2.75) is 24.8 Å². The van der Waals surface area contributed by atoms with Crippen LogP contribution in [0.3, 0.4) is 0 Å². The van der Waals surface area contributed by atoms with Gasteiger partial charge < -0.3 is 5.73 Å². The number of benzene rings is 1. The predicted octanol–water partition coefficient (Wildman–Crippen LogP) is 3.74. The third kappa shape index (κ3) is 2.01. The molecule has 0 bridgehead atoms. The molecule has 0 saturated heterocycles. The van der Waals surface area contributed by atoms with Gasteiger partial charge in [-0.05, 0) is 36.1 Å². The number of hydrogen-bond acceptors (Lipinski definition) is 2. The van der Waals surface area contributed by atoms with Gasteiger partial charge in [0, 0.05) is 16.8 Å². The summed E-state index contributed by atoms with van der Waals surface area (Å²) in [5.74, 6) is 0. The van der Waals surface area contributed by atoms with E-state index < -0.39 is 0 Å². The van der Waals surface area contributed by atoms with Gasteiger partial charge in [0.2, 0.25) is 0 Å². The molecule has 0 spiro atoms. The topological polar surface area (TPSA) is 26.0 Å². The Morgan fingerprint density at radius 3 is 2.82 bits per heavy atom. The second-order valence-corrected chi connectivity index (χ2v) is 6.50. The van der Waals surface area contributed by atoms with Crippen LogP contribution in [0.15, 0.2) is 36.4 Å². The molecule has 3 heteroatoms. The lowest BCUT2D eigenvalue weighted by Crippen LogP contribution is -2.36. The molecule has 1 aliphatic rings. The molecule has 0 fully saturated rings. The van der Waals surface area contributed by atoms with Crippen LogP contribution in [-0.2, 0) is 18.4 Å². The maximum absolute atomic E-state index is 6.58. The second-order valence-electron chi connectivity index (χ2n) is 4.70. The van der Waals surface area contributed by atoms with E-state index in [2.05, 4.69) is 30.3 Å². The minimum Gasteiger partial charge on any atom is -0.321 e. The van der Waals surface area contributed by atoms with Crippen LogP contribution in [0.1, 0.15) is 22.4 Å². The van der Waals surface area contributed by atoms with E-state index in [0.717, 1.165) is 23.6 Å². The van der Waals surface area contributed by atoms with Crippen LogP contribution < -0.4 is 5.73 Å². The lowest BCUT2D eigenvalue weighted by molar-refractivity contribution is 0.442. The first-order chi connectivity index (χ1) is 8.17. The van der Waals surface area contributed by atoms with E-state index in [-0.39, 0.29) is 5.54 Å². The molecule has 0 amide bonds. The van der Waals surface area contributed by atoms with Crippen LogP contribution in [-0.4, -0.2) is 0 Å². The number of nitrogens with two attached hydrogens (primary N) is 1. The van der Waals surface area contributed by atoms with E-state index in [1.807, 2.05) is 6.07 Å². The third-order valence-corrected chi connectivity index (χ3v) is 4.74. The zero-order valence-corrected chi connectivity index (χ0v) is 11.0. The molecule has 2 aromatic rings. The van der Waals surface area contributed by atoms with Crippen LogP contribution in [0.2, 0.25) is 4.34 Å². The number of halogens is 1. The highest BCUT2D eigenvalue weighted by atomic mass is 35.5. The number of rotatable bonds is 2. The van der Waals surface area contributed by atoms with Crippen molar-refractivity contribution in [1.82, 2.24) is 0 Å². The third-order valence-electron chi connectivity index (χ3n) is 3.51. The molecule has 0 aliphatic heterocycles. The molecular weight excluding hydrogens is 250 g/mol. The van der Waals surface area contributed by atoms with Crippen molar-refractivity contribution < 1.29 is 0 Å². The monoisotopic (exact) mass is 263 g/mol. The summed E-state index contributed by atoms with van der Waals surface area (Å²) in [6.45, 7) is 0. The van der Waals surface area contributed by atoms with Crippen LogP contribution >= 0.6 is 22.9 Å². The van der Waals surface area contributed by atoms with Crippen LogP contribution in [0, 0.1) is 0 Å². The Hall–Kier alpha value is -0.830. The van der Waals surface area contributed by atoms with Crippen molar-refractivity contribution in [3.8, 4) is 0 Å². The lowest BCUT2D eigenvalue weighted by atomic mass is 9.89. The van der Waals surface area contributed by atoms with Gasteiger partial charge >= 0.3 is 0 Å². The number of hydrogen-bond donors (Lipinski definition) is 1. The van der Waals surface area contributed by atoms with Gasteiger partial charge in [-0.1, -0.05) is 35.9 Å². The first-order valence-electron chi connectivity index (χ1n) is 5.79. The number of aryl methyl sites for hydroxylation is 1. The van der Waals surface area contributed by atoms with Crippen LogP contribution in [0.25, 0.3) is 0 Å². The van der Waals surface area contributed by atoms with Crippen molar-refractivity contribution in [1.29, 1.82) is 0 Å². The van der Waals surface area contributed by atoms with Gasteiger partial charge in [0.05, 0.1) is 4.34 Å². The van der Waals surface area contributed by atoms with Crippen molar-refractivity contribution in [2.75, 3.05) is 0 Å². The van der Waals surface area contributed by atoms with Crippen molar-refractivity contribution in [3.05, 3.63) is 56.7 Å². The van der Waals surface area contributed by atoms with Gasteiger partial charge in [-0.3, -0.25) is 0 Å². The molecule has 1 unspecified atom stereocenters. The summed E-state index contributed by atoms with van der Waals surface area (Å²) in [4.78, 5) is 1.27. The minimum atomic E-state index is -0.204. The Bertz CT molecular complexity index is 549. The van der Waals surface area contributed by atoms with Crippen molar-refractivity contribution in [3.63, 3.8) is 0 Å². The summed E-state index contributed by atoms with van der Waals surface area (Å²) in [5.41, 5.74) is 9.08. The lowest BCUT2D eigenvalue weighted by Gasteiger charge is -2.24. The summed E-state index contributed by atoms with van der Waals surface area (Å²) >= 11 is 7.60. The fourth-order valence-corrected chi connectivity index (χ4v) is 3.87. The van der Waals surface area contributed by atoms with E-state index in [1.54, 1.807) is 11.3 Å². The minimum absolute atomic E-state index is 0.204. The maximum atomic E-state index is 6.58. The van der Waals surface area contributed by atoms with Crippen molar-refractivity contribution in [2.24, 2.45) is 5.73 Å². The highest BCUT2D eigenvalue weighted by Crippen LogP contribution is 2.38. The second kappa shape index (κ2) is 4.13. The maximum Gasteiger partial charge on any atom is 0.0931 e. The van der Waals surface area contributed by atoms with Gasteiger partial charge in [0.1, 0.15) is 0 Å². The summed E-state index contributed by atoms with van der Waals surface area (Å²) in [6, 6.07) is 12.6. The van der Waals surface area contributed by atoms with Crippen LogP contribution in [0.5, 0.6) is 0 Å². The molecule has 0 saturated carbocycles. The van der Waals surface area contributed by atoms with E-state index >= 15 is 0 Å². The zero-order chi connectivity index (χ0) is 11.9. The molecule has 1 aromatic heterocycles. The Morgan fingerprint density at radius 1 is 1.24 bits per heavy atom. The SMILES string of the molecule is NC1(Cc2ccc(Cl)s2)CCc2ccccc21. The average molecular weight is 264 g/mol. The molecule has 2 N–H and O–H groups in total. The molecule has 1 aromatic carbocycles. The molecule has 1 nitrogen and oxygen atoms in total. The van der Waals surface area contributed by atoms with Gasteiger partial charge in [0.15, 0.2) is 0 Å². The zero-order valence-electron chi connectivity index (χ0n) is 9.45. The molecule has 0 radical (unpaired) electrons. The van der Waals surface area contributed by atoms with E-state index in [1.165, 1.54) is 16.0 Å². The fraction of sp³-hybridized carbons (Fsp3) is 0.286. The summed E-state index contributed by atoms with van der Waals surface area (Å²) in [6.07, 6.45) is 3.01. The Labute approximate surface area is 110 Å². The summed E-state index contributed by atoms with van der Waals surface area (Å²) < 4.78 is 0.842. The van der Waals surface area contributed by atoms with Crippen molar-refractivity contribution >= 4 is 22.9 Å². The molecular formula is C14H14ClNS. The van der Waals surface area contributed by atoms with E-state index in [4.69, 9.17) is 17.3 Å². The van der Waals surface area contributed by atoms with Gasteiger partial charge in [-0.2, -0.15) is 0 Å². The summed E-state index contributed by atoms with van der Waals surface area (Å²) in [5, 5.41) is 0. The summed E-state index contributed by atoms with van der Waals surface area (Å²) in [7, 11) is 0. The van der Waals surface area contributed by atoms with Gasteiger partial charge in [-0.15, -0.1) is 11.3 Å². The normalized spacial score (nSPS) is 22.7. The predicted molar refractivity (Wildman–Crippen MR) is 73.7 cm³/mol. The molecule has 1 atom stereocenters. The van der Waals surface area contributed by atoms with Crippen LogP contribution in [0.4, 0.5) is 0 Å². The molecule has 1 heterocycles. The Kier molecular flexibility index (Phi) is 2.74. The number of fused-ring (bicyclic) bond motifs is 1. The first kappa shape index (κ1) is 11.3. The first-order valence-corrected chi connectivity index (χ1v) is 6.98. The quantitative estimate of drug-likeness (QED) is 0.878. The molecule has 17 heavy (non-hydrogen) atoms. The molecule has 3 rings (SSSR count). The largest absolute Gasteiger partial charge is 0.321 e. The molecule has 88 valence electrons. The van der Waals surface area contributed by atoms with Gasteiger partial charge in [0.25, 0.3) is 0 Å². The van der Waals surface area contributed by atoms with E-state index in [0.29, 0.717) is 0 Å². The average Bonchev–Trinajstić information content (AvgIpc) is 2.86. The standard InChI is InChI=1S/C14H14ClNS/c15-13-6-5-11(17-13)9-14(16)8-7-10-3-1-2-4-12(10)14/h1-6H,7-9,16H2. The fourth-order valence-electron chi connectivity index (χ4n) is 2.66. The smallest absolute Gasteiger partial charge is 0.0931 e. The molecule has 1 aliphatic carbocycles. The highest BCUT2D eigenvalue weighted by molar-refractivity contribution is 7.16.